The fourth-order valence-electron chi connectivity index (χ4n) is 1.90. The molecule has 1 atom stereocenters. The SMILES string of the molecule is CCCCCCOC(CI)c1ccccc1OC. The molecular formula is C15H23IO2. The molecule has 0 heterocycles. The van der Waals surface area contributed by atoms with Gasteiger partial charge in [0.05, 0.1) is 13.2 Å². The lowest BCUT2D eigenvalue weighted by Crippen LogP contribution is -2.08. The quantitative estimate of drug-likeness (QED) is 0.358. The molecule has 18 heavy (non-hydrogen) atoms. The van der Waals surface area contributed by atoms with Gasteiger partial charge in [-0.15, -0.1) is 0 Å². The average molecular weight is 362 g/mol. The molecule has 0 spiro atoms. The largest absolute Gasteiger partial charge is 0.496 e. The van der Waals surface area contributed by atoms with Crippen molar-refractivity contribution in [3.8, 4) is 5.75 Å². The minimum absolute atomic E-state index is 0.142. The number of unbranched alkanes of at least 4 members (excludes halogenated alkanes) is 3. The first-order valence-electron chi connectivity index (χ1n) is 6.64. The molecule has 0 N–H and O–H groups in total. The van der Waals surface area contributed by atoms with Gasteiger partial charge in [-0.25, -0.2) is 0 Å². The fourth-order valence-corrected chi connectivity index (χ4v) is 2.63. The van der Waals surface area contributed by atoms with E-state index in [9.17, 15) is 0 Å². The Morgan fingerprint density at radius 2 is 1.94 bits per heavy atom. The summed E-state index contributed by atoms with van der Waals surface area (Å²) in [4.78, 5) is 0. The van der Waals surface area contributed by atoms with Crippen LogP contribution in [0.25, 0.3) is 0 Å². The van der Waals surface area contributed by atoms with Crippen LogP contribution in [0, 0.1) is 0 Å². The molecule has 0 saturated heterocycles. The Bertz CT molecular complexity index is 328. The summed E-state index contributed by atoms with van der Waals surface area (Å²) in [5.41, 5.74) is 1.16. The van der Waals surface area contributed by atoms with Crippen LogP contribution in [0.2, 0.25) is 0 Å². The van der Waals surface area contributed by atoms with Crippen LogP contribution in [0.1, 0.15) is 44.3 Å². The maximum absolute atomic E-state index is 5.98. The summed E-state index contributed by atoms with van der Waals surface area (Å²) in [5.74, 6) is 0.924. The van der Waals surface area contributed by atoms with Gasteiger partial charge < -0.3 is 9.47 Å². The van der Waals surface area contributed by atoms with E-state index in [4.69, 9.17) is 9.47 Å². The van der Waals surface area contributed by atoms with E-state index in [1.807, 2.05) is 18.2 Å². The number of methoxy groups -OCH3 is 1. The summed E-state index contributed by atoms with van der Waals surface area (Å²) in [6.45, 7) is 3.06. The molecule has 0 radical (unpaired) electrons. The summed E-state index contributed by atoms with van der Waals surface area (Å²) < 4.78 is 12.3. The maximum Gasteiger partial charge on any atom is 0.124 e. The Kier molecular flexibility index (Phi) is 8.42. The molecule has 3 heteroatoms. The molecule has 0 aliphatic carbocycles. The van der Waals surface area contributed by atoms with E-state index in [1.54, 1.807) is 7.11 Å². The van der Waals surface area contributed by atoms with Crippen LogP contribution >= 0.6 is 22.6 Å². The van der Waals surface area contributed by atoms with Crippen molar-refractivity contribution < 1.29 is 9.47 Å². The monoisotopic (exact) mass is 362 g/mol. The lowest BCUT2D eigenvalue weighted by Gasteiger charge is -2.18. The summed E-state index contributed by atoms with van der Waals surface area (Å²) in [5, 5.41) is 0. The van der Waals surface area contributed by atoms with E-state index >= 15 is 0 Å². The molecule has 0 bridgehead atoms. The molecule has 1 rings (SSSR count). The molecular weight excluding hydrogens is 339 g/mol. The molecule has 0 saturated carbocycles. The summed E-state index contributed by atoms with van der Waals surface area (Å²) in [6, 6.07) is 8.12. The van der Waals surface area contributed by atoms with Crippen molar-refractivity contribution in [1.29, 1.82) is 0 Å². The number of para-hydroxylation sites is 1. The minimum Gasteiger partial charge on any atom is -0.496 e. The van der Waals surface area contributed by atoms with Gasteiger partial charge in [0.2, 0.25) is 0 Å². The minimum atomic E-state index is 0.142. The first kappa shape index (κ1) is 15.8. The maximum atomic E-state index is 5.98. The van der Waals surface area contributed by atoms with Crippen molar-refractivity contribution in [2.24, 2.45) is 0 Å². The van der Waals surface area contributed by atoms with E-state index in [0.717, 1.165) is 28.8 Å². The zero-order valence-electron chi connectivity index (χ0n) is 11.3. The Hall–Kier alpha value is -0.290. The Balaban J connectivity index is 2.49. The highest BCUT2D eigenvalue weighted by Gasteiger charge is 2.14. The van der Waals surface area contributed by atoms with Crippen molar-refractivity contribution in [2.45, 2.75) is 38.7 Å². The Morgan fingerprint density at radius 3 is 2.61 bits per heavy atom. The lowest BCUT2D eigenvalue weighted by atomic mass is 10.1. The number of alkyl halides is 1. The average Bonchev–Trinajstić information content (AvgIpc) is 2.43. The van der Waals surface area contributed by atoms with E-state index in [-0.39, 0.29) is 6.10 Å². The number of benzene rings is 1. The smallest absolute Gasteiger partial charge is 0.124 e. The molecule has 2 nitrogen and oxygen atoms in total. The van der Waals surface area contributed by atoms with Gasteiger partial charge in [0, 0.05) is 16.6 Å². The van der Waals surface area contributed by atoms with Gasteiger partial charge in [-0.1, -0.05) is 67.0 Å². The van der Waals surface area contributed by atoms with Crippen LogP contribution in [0.3, 0.4) is 0 Å². The van der Waals surface area contributed by atoms with Crippen LogP contribution in [0.15, 0.2) is 24.3 Å². The summed E-state index contributed by atoms with van der Waals surface area (Å²) in [6.07, 6.45) is 5.12. The number of ether oxygens (including phenoxy) is 2. The highest BCUT2D eigenvalue weighted by atomic mass is 127. The number of hydrogen-bond donors (Lipinski definition) is 0. The third-order valence-corrected chi connectivity index (χ3v) is 3.74. The van der Waals surface area contributed by atoms with E-state index in [0.29, 0.717) is 0 Å². The number of halogens is 1. The van der Waals surface area contributed by atoms with E-state index in [1.165, 1.54) is 19.3 Å². The molecule has 0 amide bonds. The summed E-state index contributed by atoms with van der Waals surface area (Å²) in [7, 11) is 1.71. The number of rotatable bonds is 9. The fraction of sp³-hybridized carbons (Fsp3) is 0.600. The van der Waals surface area contributed by atoms with Crippen molar-refractivity contribution in [3.63, 3.8) is 0 Å². The highest BCUT2D eigenvalue weighted by molar-refractivity contribution is 14.1. The zero-order chi connectivity index (χ0) is 13.2. The molecule has 0 aliphatic rings. The van der Waals surface area contributed by atoms with Crippen molar-refractivity contribution >= 4 is 22.6 Å². The third kappa shape index (κ3) is 5.14. The zero-order valence-corrected chi connectivity index (χ0v) is 13.5. The van der Waals surface area contributed by atoms with Crippen LogP contribution in [0.5, 0.6) is 5.75 Å². The van der Waals surface area contributed by atoms with Gasteiger partial charge in [-0.3, -0.25) is 0 Å². The first-order chi connectivity index (χ1) is 8.83. The van der Waals surface area contributed by atoms with Crippen LogP contribution in [-0.4, -0.2) is 18.1 Å². The molecule has 1 unspecified atom stereocenters. The second kappa shape index (κ2) is 9.62. The van der Waals surface area contributed by atoms with E-state index in [2.05, 4.69) is 35.6 Å². The number of hydrogen-bond acceptors (Lipinski definition) is 2. The highest BCUT2D eigenvalue weighted by Crippen LogP contribution is 2.29. The van der Waals surface area contributed by atoms with E-state index < -0.39 is 0 Å². The van der Waals surface area contributed by atoms with Gasteiger partial charge in [-0.2, -0.15) is 0 Å². The van der Waals surface area contributed by atoms with Gasteiger partial charge in [0.1, 0.15) is 5.75 Å². The molecule has 1 aromatic carbocycles. The topological polar surface area (TPSA) is 18.5 Å². The molecule has 0 aromatic heterocycles. The van der Waals surface area contributed by atoms with Gasteiger partial charge >= 0.3 is 0 Å². The molecule has 102 valence electrons. The first-order valence-corrected chi connectivity index (χ1v) is 8.16. The van der Waals surface area contributed by atoms with Gasteiger partial charge in [0.15, 0.2) is 0 Å². The van der Waals surface area contributed by atoms with Gasteiger partial charge in [-0.05, 0) is 12.5 Å². The van der Waals surface area contributed by atoms with Crippen LogP contribution < -0.4 is 4.74 Å². The Labute approximate surface area is 124 Å². The van der Waals surface area contributed by atoms with Gasteiger partial charge in [0.25, 0.3) is 0 Å². The van der Waals surface area contributed by atoms with Crippen molar-refractivity contribution in [2.75, 3.05) is 18.1 Å². The molecule has 0 fully saturated rings. The predicted molar refractivity (Wildman–Crippen MR) is 84.7 cm³/mol. The Morgan fingerprint density at radius 1 is 1.17 bits per heavy atom. The van der Waals surface area contributed by atoms with Crippen molar-refractivity contribution in [3.05, 3.63) is 29.8 Å². The standard InChI is InChI=1S/C15H23IO2/c1-3-4-5-8-11-18-15(12-16)13-9-6-7-10-14(13)17-2/h6-7,9-10,15H,3-5,8,11-12H2,1-2H3. The normalized spacial score (nSPS) is 12.4. The second-order valence-corrected chi connectivity index (χ2v) is 5.20. The predicted octanol–water partition coefficient (Wildman–Crippen LogP) is 4.77. The lowest BCUT2D eigenvalue weighted by molar-refractivity contribution is 0.0662. The van der Waals surface area contributed by atoms with Crippen LogP contribution in [0.4, 0.5) is 0 Å². The molecule has 1 aromatic rings. The summed E-state index contributed by atoms with van der Waals surface area (Å²) >= 11 is 2.37. The third-order valence-electron chi connectivity index (χ3n) is 2.94. The second-order valence-electron chi connectivity index (χ2n) is 4.32. The van der Waals surface area contributed by atoms with Crippen molar-refractivity contribution in [1.82, 2.24) is 0 Å². The van der Waals surface area contributed by atoms with Crippen LogP contribution in [-0.2, 0) is 4.74 Å². The molecule has 0 aliphatic heterocycles.